The second-order valence-electron chi connectivity index (χ2n) is 6.89. The van der Waals surface area contributed by atoms with Crippen LogP contribution in [0.5, 0.6) is 0 Å². The Morgan fingerprint density at radius 3 is 2.65 bits per heavy atom. The van der Waals surface area contributed by atoms with Crippen LogP contribution in [0.2, 0.25) is 0 Å². The Morgan fingerprint density at radius 2 is 1.87 bits per heavy atom. The maximum Gasteiger partial charge on any atom is 0.326 e. The zero-order chi connectivity index (χ0) is 22.0. The molecule has 0 N–H and O–H groups in total. The molecule has 0 atom stereocenters. The van der Waals surface area contributed by atoms with E-state index in [-0.39, 0.29) is 17.3 Å². The van der Waals surface area contributed by atoms with Crippen LogP contribution in [-0.2, 0) is 20.9 Å². The Balaban J connectivity index is 1.67. The fourth-order valence-corrected chi connectivity index (χ4v) is 4.27. The molecule has 4 rings (SSSR count). The predicted molar refractivity (Wildman–Crippen MR) is 117 cm³/mol. The van der Waals surface area contributed by atoms with Gasteiger partial charge in [0.25, 0.3) is 11.1 Å². The molecule has 31 heavy (non-hydrogen) atoms. The van der Waals surface area contributed by atoms with Crippen LogP contribution in [0.3, 0.4) is 0 Å². The van der Waals surface area contributed by atoms with Crippen LogP contribution < -0.4 is 0 Å². The summed E-state index contributed by atoms with van der Waals surface area (Å²) in [4.78, 5) is 37.7. The van der Waals surface area contributed by atoms with E-state index in [1.807, 2.05) is 35.0 Å². The highest BCUT2D eigenvalue weighted by molar-refractivity contribution is 8.18. The average molecular weight is 438 g/mol. The molecule has 2 aromatic carbocycles. The number of hydrogen-bond donors (Lipinski definition) is 0. The number of nitrogens with zero attached hydrogens (tertiary/aromatic N) is 2. The smallest absolute Gasteiger partial charge is 0.326 e. The number of ether oxygens (including phenoxy) is 1. The fraction of sp³-hybridized carbons (Fsp3) is 0.174. The molecule has 1 aromatic heterocycles. The van der Waals surface area contributed by atoms with Gasteiger partial charge in [0.05, 0.1) is 18.1 Å². The first-order chi connectivity index (χ1) is 15.0. The number of aromatic nitrogens is 1. The van der Waals surface area contributed by atoms with Gasteiger partial charge in [-0.15, -0.1) is 0 Å². The van der Waals surface area contributed by atoms with Gasteiger partial charge in [-0.25, -0.2) is 4.39 Å². The molecule has 0 spiro atoms. The van der Waals surface area contributed by atoms with Crippen LogP contribution in [0.4, 0.5) is 9.18 Å². The number of carbonyl (C=O) groups is 3. The topological polar surface area (TPSA) is 68.6 Å². The van der Waals surface area contributed by atoms with Crippen molar-refractivity contribution in [1.82, 2.24) is 9.47 Å². The number of para-hydroxylation sites is 1. The van der Waals surface area contributed by atoms with Gasteiger partial charge in [-0.05, 0) is 36.9 Å². The van der Waals surface area contributed by atoms with Crippen molar-refractivity contribution in [3.63, 3.8) is 0 Å². The molecule has 1 aliphatic rings. The normalized spacial score (nSPS) is 15.3. The minimum Gasteiger partial charge on any atom is -0.465 e. The summed E-state index contributed by atoms with van der Waals surface area (Å²) in [7, 11) is 0. The van der Waals surface area contributed by atoms with Crippen molar-refractivity contribution in [2.24, 2.45) is 0 Å². The van der Waals surface area contributed by atoms with E-state index < -0.39 is 23.7 Å². The van der Waals surface area contributed by atoms with E-state index in [0.29, 0.717) is 12.1 Å². The first-order valence-corrected chi connectivity index (χ1v) is 10.5. The highest BCUT2D eigenvalue weighted by Gasteiger charge is 2.36. The van der Waals surface area contributed by atoms with Gasteiger partial charge in [-0.3, -0.25) is 19.3 Å². The number of imide groups is 1. The van der Waals surface area contributed by atoms with Crippen LogP contribution >= 0.6 is 11.8 Å². The van der Waals surface area contributed by atoms with E-state index in [1.54, 1.807) is 31.2 Å². The minimum absolute atomic E-state index is 0.173. The van der Waals surface area contributed by atoms with Crippen LogP contribution in [0.1, 0.15) is 18.1 Å². The average Bonchev–Trinajstić information content (AvgIpc) is 3.22. The summed E-state index contributed by atoms with van der Waals surface area (Å²) in [6, 6.07) is 14.2. The van der Waals surface area contributed by atoms with E-state index in [9.17, 15) is 18.8 Å². The van der Waals surface area contributed by atoms with E-state index >= 15 is 0 Å². The molecule has 2 heterocycles. The van der Waals surface area contributed by atoms with Crippen molar-refractivity contribution >= 4 is 45.9 Å². The highest BCUT2D eigenvalue weighted by atomic mass is 32.2. The van der Waals surface area contributed by atoms with Crippen molar-refractivity contribution < 1.29 is 23.5 Å². The van der Waals surface area contributed by atoms with Crippen LogP contribution in [0.25, 0.3) is 17.0 Å². The number of halogens is 1. The van der Waals surface area contributed by atoms with Gasteiger partial charge in [0.1, 0.15) is 12.4 Å². The molecular weight excluding hydrogens is 419 g/mol. The first kappa shape index (κ1) is 20.9. The molecule has 6 nitrogen and oxygen atoms in total. The highest BCUT2D eigenvalue weighted by Crippen LogP contribution is 2.34. The zero-order valence-electron chi connectivity index (χ0n) is 16.7. The maximum absolute atomic E-state index is 14.2. The molecule has 0 bridgehead atoms. The quantitative estimate of drug-likeness (QED) is 0.421. The number of fused-ring (bicyclic) bond motifs is 1. The molecule has 0 unspecified atom stereocenters. The summed E-state index contributed by atoms with van der Waals surface area (Å²) in [5, 5.41) is 0.357. The minimum atomic E-state index is -0.632. The van der Waals surface area contributed by atoms with Crippen LogP contribution in [0.15, 0.2) is 59.6 Å². The Kier molecular flexibility index (Phi) is 5.90. The van der Waals surface area contributed by atoms with E-state index in [0.717, 1.165) is 33.1 Å². The summed E-state index contributed by atoms with van der Waals surface area (Å²) in [5.74, 6) is -1.46. The number of benzene rings is 2. The van der Waals surface area contributed by atoms with E-state index in [2.05, 4.69) is 0 Å². The van der Waals surface area contributed by atoms with Gasteiger partial charge >= 0.3 is 5.97 Å². The van der Waals surface area contributed by atoms with Crippen molar-refractivity contribution in [1.29, 1.82) is 0 Å². The number of hydrogen-bond acceptors (Lipinski definition) is 5. The number of thioether (sulfide) groups is 1. The van der Waals surface area contributed by atoms with Crippen molar-refractivity contribution in [2.45, 2.75) is 13.5 Å². The van der Waals surface area contributed by atoms with Gasteiger partial charge in [0.15, 0.2) is 0 Å². The van der Waals surface area contributed by atoms with Crippen molar-refractivity contribution in [2.75, 3.05) is 13.2 Å². The molecular formula is C23H19FN2O4S. The molecule has 1 fully saturated rings. The molecule has 3 aromatic rings. The van der Waals surface area contributed by atoms with E-state index in [4.69, 9.17) is 4.74 Å². The molecule has 1 saturated heterocycles. The van der Waals surface area contributed by atoms with Crippen LogP contribution in [-0.4, -0.2) is 39.7 Å². The number of carbonyl (C=O) groups excluding carboxylic acids is 3. The van der Waals surface area contributed by atoms with Gasteiger partial charge in [0, 0.05) is 28.2 Å². The number of amides is 2. The summed E-state index contributed by atoms with van der Waals surface area (Å²) < 4.78 is 20.9. The Labute approximate surface area is 182 Å². The van der Waals surface area contributed by atoms with E-state index in [1.165, 1.54) is 6.07 Å². The zero-order valence-corrected chi connectivity index (χ0v) is 17.5. The van der Waals surface area contributed by atoms with Crippen LogP contribution in [0, 0.1) is 5.82 Å². The summed E-state index contributed by atoms with van der Waals surface area (Å²) >= 11 is 0.782. The van der Waals surface area contributed by atoms with Gasteiger partial charge in [0.2, 0.25) is 0 Å². The second kappa shape index (κ2) is 8.77. The van der Waals surface area contributed by atoms with Gasteiger partial charge < -0.3 is 9.30 Å². The lowest BCUT2D eigenvalue weighted by Crippen LogP contribution is -2.34. The summed E-state index contributed by atoms with van der Waals surface area (Å²) in [6.07, 6.45) is 3.46. The fourth-order valence-electron chi connectivity index (χ4n) is 3.44. The van der Waals surface area contributed by atoms with Gasteiger partial charge in [-0.2, -0.15) is 0 Å². The Morgan fingerprint density at radius 1 is 1.13 bits per heavy atom. The number of rotatable bonds is 6. The molecule has 158 valence electrons. The first-order valence-electron chi connectivity index (χ1n) is 9.70. The lowest BCUT2D eigenvalue weighted by atomic mass is 10.1. The molecule has 0 radical (unpaired) electrons. The molecule has 0 aliphatic carbocycles. The molecule has 1 aliphatic heterocycles. The second-order valence-corrected chi connectivity index (χ2v) is 7.89. The summed E-state index contributed by atoms with van der Waals surface area (Å²) in [5.41, 5.74) is 2.15. The SMILES string of the molecule is CCOC(=O)CN1C(=O)S/C(=C\c2cn(Cc3ccccc3F)c3ccccc23)C1=O. The third-order valence-corrected chi connectivity index (χ3v) is 5.78. The Hall–Kier alpha value is -3.39. The lowest BCUT2D eigenvalue weighted by molar-refractivity contribution is -0.145. The number of esters is 1. The largest absolute Gasteiger partial charge is 0.465 e. The predicted octanol–water partition coefficient (Wildman–Crippen LogP) is 4.43. The third kappa shape index (κ3) is 4.25. The van der Waals surface area contributed by atoms with Crippen molar-refractivity contribution in [3.8, 4) is 0 Å². The molecule has 0 saturated carbocycles. The van der Waals surface area contributed by atoms with Crippen molar-refractivity contribution in [3.05, 3.63) is 76.6 Å². The lowest BCUT2D eigenvalue weighted by Gasteiger charge is -2.10. The molecule has 8 heteroatoms. The standard InChI is InChI=1S/C23H19FN2O4S/c1-2-30-21(27)14-26-22(28)20(31-23(26)29)11-16-13-25(19-10-6-4-8-17(16)19)12-15-7-3-5-9-18(15)24/h3-11,13H,2,12,14H2,1H3/b20-11-. The summed E-state index contributed by atoms with van der Waals surface area (Å²) in [6.45, 7) is 1.74. The maximum atomic E-state index is 14.2. The van der Waals surface area contributed by atoms with Gasteiger partial charge in [-0.1, -0.05) is 36.4 Å². The monoisotopic (exact) mass is 438 g/mol. The molecule has 2 amide bonds. The Bertz CT molecular complexity index is 1220. The third-order valence-electron chi connectivity index (χ3n) is 4.87.